The first-order chi connectivity index (χ1) is 9.54. The molecule has 0 saturated carbocycles. The second-order valence-electron chi connectivity index (χ2n) is 4.94. The average Bonchev–Trinajstić information content (AvgIpc) is 2.99. The van der Waals surface area contributed by atoms with Gasteiger partial charge in [0.15, 0.2) is 0 Å². The van der Waals surface area contributed by atoms with Gasteiger partial charge in [0.05, 0.1) is 0 Å². The van der Waals surface area contributed by atoms with E-state index in [1.54, 1.807) is 0 Å². The van der Waals surface area contributed by atoms with E-state index in [0.717, 1.165) is 0 Å². The molecular formula is C10H17N9O. The lowest BCUT2D eigenvalue weighted by atomic mass is 9.95. The van der Waals surface area contributed by atoms with E-state index in [0.29, 0.717) is 12.5 Å². The molecule has 5 N–H and O–H groups in total. The van der Waals surface area contributed by atoms with Gasteiger partial charge >= 0.3 is 0 Å². The Labute approximate surface area is 115 Å². The summed E-state index contributed by atoms with van der Waals surface area (Å²) in [5.41, 5.74) is 2.07. The van der Waals surface area contributed by atoms with Crippen molar-refractivity contribution in [2.75, 3.05) is 23.9 Å². The smallest absolute Gasteiger partial charge is 0.258 e. The van der Waals surface area contributed by atoms with Gasteiger partial charge in [0, 0.05) is 18.6 Å². The van der Waals surface area contributed by atoms with Crippen LogP contribution in [-0.4, -0.2) is 48.0 Å². The number of aliphatic hydroxyl groups excluding tert-OH is 1. The molecule has 0 atom stereocenters. The van der Waals surface area contributed by atoms with Gasteiger partial charge in [-0.2, -0.15) is 24.7 Å². The lowest BCUT2D eigenvalue weighted by Gasteiger charge is -2.21. The molecule has 2 aromatic rings. The predicted octanol–water partition coefficient (Wildman–Crippen LogP) is -0.832. The molecule has 0 spiro atoms. The van der Waals surface area contributed by atoms with Crippen molar-refractivity contribution in [3.05, 3.63) is 12.7 Å². The Morgan fingerprint density at radius 1 is 1.30 bits per heavy atom. The Kier molecular flexibility index (Phi) is 4.05. The van der Waals surface area contributed by atoms with Gasteiger partial charge in [-0.25, -0.2) is 10.8 Å². The maximum Gasteiger partial charge on any atom is 0.258 e. The molecule has 0 aliphatic heterocycles. The molecule has 0 aromatic carbocycles. The molecule has 10 nitrogen and oxygen atoms in total. The first kappa shape index (κ1) is 14.1. The van der Waals surface area contributed by atoms with Gasteiger partial charge in [-0.1, -0.05) is 13.8 Å². The highest BCUT2D eigenvalue weighted by Gasteiger charge is 2.17. The third-order valence-electron chi connectivity index (χ3n) is 2.53. The van der Waals surface area contributed by atoms with Crippen LogP contribution < -0.4 is 16.6 Å². The van der Waals surface area contributed by atoms with Crippen molar-refractivity contribution in [1.82, 2.24) is 29.7 Å². The zero-order valence-corrected chi connectivity index (χ0v) is 11.3. The average molecular weight is 279 g/mol. The number of rotatable bonds is 6. The molecule has 0 aliphatic carbocycles. The van der Waals surface area contributed by atoms with Gasteiger partial charge in [-0.3, -0.25) is 5.43 Å². The fourth-order valence-corrected chi connectivity index (χ4v) is 1.30. The van der Waals surface area contributed by atoms with Gasteiger partial charge in [-0.05, 0) is 0 Å². The SMILES string of the molecule is CC(C)(CO)CNc1nc(NN)nc(-n2cncn2)n1. The number of nitrogens with two attached hydrogens (primary N) is 1. The maximum absolute atomic E-state index is 9.23. The Bertz CT molecular complexity index is 554. The van der Waals surface area contributed by atoms with E-state index in [2.05, 4.69) is 35.8 Å². The first-order valence-corrected chi connectivity index (χ1v) is 5.96. The molecule has 0 fully saturated rings. The Morgan fingerprint density at radius 2 is 2.05 bits per heavy atom. The number of anilines is 2. The van der Waals surface area contributed by atoms with Crippen molar-refractivity contribution in [1.29, 1.82) is 0 Å². The Hall–Kier alpha value is -2.33. The minimum atomic E-state index is -0.295. The van der Waals surface area contributed by atoms with Gasteiger partial charge in [0.1, 0.15) is 12.7 Å². The fourth-order valence-electron chi connectivity index (χ4n) is 1.30. The fraction of sp³-hybridized carbons (Fsp3) is 0.500. The van der Waals surface area contributed by atoms with Gasteiger partial charge in [0.25, 0.3) is 5.95 Å². The topological polar surface area (TPSA) is 140 Å². The summed E-state index contributed by atoms with van der Waals surface area (Å²) >= 11 is 0. The molecular weight excluding hydrogens is 262 g/mol. The van der Waals surface area contributed by atoms with Crippen LogP contribution >= 0.6 is 0 Å². The summed E-state index contributed by atoms with van der Waals surface area (Å²) in [5.74, 6) is 6.16. The minimum Gasteiger partial charge on any atom is -0.396 e. The molecule has 2 heterocycles. The summed E-state index contributed by atoms with van der Waals surface area (Å²) in [4.78, 5) is 16.2. The number of hydrazine groups is 1. The third kappa shape index (κ3) is 3.36. The molecule has 0 amide bonds. The largest absolute Gasteiger partial charge is 0.396 e. The van der Waals surface area contributed by atoms with Crippen molar-refractivity contribution in [3.63, 3.8) is 0 Å². The van der Waals surface area contributed by atoms with Crippen molar-refractivity contribution >= 4 is 11.9 Å². The monoisotopic (exact) mass is 279 g/mol. The highest BCUT2D eigenvalue weighted by Crippen LogP contribution is 2.15. The molecule has 0 unspecified atom stereocenters. The number of hydrogen-bond acceptors (Lipinski definition) is 9. The first-order valence-electron chi connectivity index (χ1n) is 5.96. The summed E-state index contributed by atoms with van der Waals surface area (Å²) in [5, 5.41) is 16.2. The number of aliphatic hydroxyl groups is 1. The highest BCUT2D eigenvalue weighted by molar-refractivity contribution is 5.36. The number of nitrogen functional groups attached to an aromatic ring is 1. The molecule has 2 rings (SSSR count). The van der Waals surface area contributed by atoms with Crippen LogP contribution in [0.3, 0.4) is 0 Å². The zero-order valence-electron chi connectivity index (χ0n) is 11.3. The van der Waals surface area contributed by atoms with Crippen molar-refractivity contribution in [2.45, 2.75) is 13.8 Å². The number of nitrogens with one attached hydrogen (secondary N) is 2. The van der Waals surface area contributed by atoms with Gasteiger partial charge in [0.2, 0.25) is 11.9 Å². The summed E-state index contributed by atoms with van der Waals surface area (Å²) in [6.07, 6.45) is 2.85. The van der Waals surface area contributed by atoms with Gasteiger partial charge in [-0.15, -0.1) is 0 Å². The second kappa shape index (κ2) is 5.75. The van der Waals surface area contributed by atoms with Crippen LogP contribution in [0.1, 0.15) is 13.8 Å². The number of hydrogen-bond donors (Lipinski definition) is 4. The van der Waals surface area contributed by atoms with Crippen LogP contribution in [0.4, 0.5) is 11.9 Å². The zero-order chi connectivity index (χ0) is 14.6. The van der Waals surface area contributed by atoms with E-state index in [1.165, 1.54) is 17.3 Å². The van der Waals surface area contributed by atoms with E-state index in [9.17, 15) is 5.11 Å². The van der Waals surface area contributed by atoms with Crippen LogP contribution in [0.5, 0.6) is 0 Å². The molecule has 108 valence electrons. The summed E-state index contributed by atoms with van der Waals surface area (Å²) < 4.78 is 1.39. The van der Waals surface area contributed by atoms with Crippen LogP contribution in [-0.2, 0) is 0 Å². The highest BCUT2D eigenvalue weighted by atomic mass is 16.3. The van der Waals surface area contributed by atoms with E-state index < -0.39 is 0 Å². The van der Waals surface area contributed by atoms with Crippen LogP contribution in [0.2, 0.25) is 0 Å². The molecule has 0 bridgehead atoms. The molecule has 20 heavy (non-hydrogen) atoms. The quantitative estimate of drug-likeness (QED) is 0.394. The van der Waals surface area contributed by atoms with Crippen molar-refractivity contribution in [3.8, 4) is 5.95 Å². The maximum atomic E-state index is 9.23. The van der Waals surface area contributed by atoms with E-state index >= 15 is 0 Å². The Morgan fingerprint density at radius 3 is 2.65 bits per heavy atom. The molecule has 0 saturated heterocycles. The molecule has 2 aromatic heterocycles. The lowest BCUT2D eigenvalue weighted by Crippen LogP contribution is -2.28. The van der Waals surface area contributed by atoms with E-state index in [1.807, 2.05) is 13.8 Å². The summed E-state index contributed by atoms with van der Waals surface area (Å²) in [6.45, 7) is 4.38. The molecule has 0 aliphatic rings. The summed E-state index contributed by atoms with van der Waals surface area (Å²) in [6, 6.07) is 0. The molecule has 10 heteroatoms. The minimum absolute atomic E-state index is 0.0447. The lowest BCUT2D eigenvalue weighted by molar-refractivity contribution is 0.170. The van der Waals surface area contributed by atoms with Crippen LogP contribution in [0, 0.1) is 5.41 Å². The second-order valence-corrected chi connectivity index (χ2v) is 4.94. The van der Waals surface area contributed by atoms with Crippen molar-refractivity contribution in [2.24, 2.45) is 11.3 Å². The molecule has 0 radical (unpaired) electrons. The van der Waals surface area contributed by atoms with Crippen LogP contribution in [0.15, 0.2) is 12.7 Å². The van der Waals surface area contributed by atoms with Crippen molar-refractivity contribution < 1.29 is 5.11 Å². The van der Waals surface area contributed by atoms with Gasteiger partial charge < -0.3 is 10.4 Å². The third-order valence-corrected chi connectivity index (χ3v) is 2.53. The van der Waals surface area contributed by atoms with Crippen LogP contribution in [0.25, 0.3) is 5.95 Å². The number of nitrogens with zero attached hydrogens (tertiary/aromatic N) is 6. The van der Waals surface area contributed by atoms with E-state index in [-0.39, 0.29) is 23.9 Å². The summed E-state index contributed by atoms with van der Waals surface area (Å²) in [7, 11) is 0. The standard InChI is InChI=1S/C10H17N9O/c1-10(2,4-20)3-13-7-15-8(18-11)17-9(16-7)19-6-12-5-14-19/h5-6,20H,3-4,11H2,1-2H3,(H2,13,15,16,17,18). The normalized spacial score (nSPS) is 11.4. The van der Waals surface area contributed by atoms with E-state index in [4.69, 9.17) is 5.84 Å². The predicted molar refractivity (Wildman–Crippen MR) is 71.9 cm³/mol. The Balaban J connectivity index is 2.23. The number of aromatic nitrogens is 6.